The molecule has 100 valence electrons. The van der Waals surface area contributed by atoms with Gasteiger partial charge < -0.3 is 19.9 Å². The lowest BCUT2D eigenvalue weighted by Crippen LogP contribution is -2.31. The molecule has 0 amide bonds. The molecular weight excluding hydrogens is 238 g/mol. The molecule has 0 aliphatic heterocycles. The van der Waals surface area contributed by atoms with E-state index in [9.17, 15) is 9.59 Å². The molecule has 0 saturated carbocycles. The van der Waals surface area contributed by atoms with Crippen LogP contribution in [0.25, 0.3) is 0 Å². The summed E-state index contributed by atoms with van der Waals surface area (Å²) in [6, 6.07) is 3.72. The molecule has 6 nitrogen and oxygen atoms in total. The molecule has 0 fully saturated rings. The minimum Gasteiger partial charge on any atom is -0.481 e. The molecular formula is C12H17NO5. The van der Waals surface area contributed by atoms with Crippen LogP contribution in [0.4, 0.5) is 0 Å². The molecule has 1 unspecified atom stereocenters. The van der Waals surface area contributed by atoms with Gasteiger partial charge in [0.15, 0.2) is 0 Å². The topological polar surface area (TPSA) is 99.8 Å². The van der Waals surface area contributed by atoms with Crippen molar-refractivity contribution in [2.75, 3.05) is 13.1 Å². The number of aliphatic carboxylic acids is 2. The Hall–Kier alpha value is -1.82. The van der Waals surface area contributed by atoms with E-state index in [1.54, 1.807) is 0 Å². The van der Waals surface area contributed by atoms with Crippen LogP contribution >= 0.6 is 0 Å². The maximum atomic E-state index is 10.8. The predicted molar refractivity (Wildman–Crippen MR) is 63.4 cm³/mol. The van der Waals surface area contributed by atoms with E-state index in [2.05, 4.69) is 5.32 Å². The Kier molecular flexibility index (Phi) is 5.38. The largest absolute Gasteiger partial charge is 0.481 e. The van der Waals surface area contributed by atoms with Gasteiger partial charge >= 0.3 is 11.9 Å². The maximum Gasteiger partial charge on any atom is 0.308 e. The van der Waals surface area contributed by atoms with Crippen LogP contribution in [0.3, 0.4) is 0 Å². The summed E-state index contributed by atoms with van der Waals surface area (Å²) in [6.07, 6.45) is 0.273. The summed E-state index contributed by atoms with van der Waals surface area (Å²) in [5.74, 6) is -1.45. The fourth-order valence-electron chi connectivity index (χ4n) is 1.56. The van der Waals surface area contributed by atoms with Crippen molar-refractivity contribution in [2.45, 2.75) is 19.8 Å². The number of furan rings is 1. The fourth-order valence-corrected chi connectivity index (χ4v) is 1.56. The van der Waals surface area contributed by atoms with Crippen molar-refractivity contribution in [1.82, 2.24) is 5.32 Å². The van der Waals surface area contributed by atoms with Crippen LogP contribution in [0, 0.1) is 12.8 Å². The number of hydrogen-bond donors (Lipinski definition) is 3. The molecule has 0 radical (unpaired) electrons. The van der Waals surface area contributed by atoms with E-state index in [0.29, 0.717) is 13.0 Å². The monoisotopic (exact) mass is 255 g/mol. The molecule has 0 aromatic carbocycles. The number of hydrogen-bond acceptors (Lipinski definition) is 4. The van der Waals surface area contributed by atoms with Gasteiger partial charge in [0.05, 0.1) is 12.3 Å². The summed E-state index contributed by atoms with van der Waals surface area (Å²) in [5.41, 5.74) is 0. The molecule has 6 heteroatoms. The zero-order valence-corrected chi connectivity index (χ0v) is 10.2. The quantitative estimate of drug-likeness (QED) is 0.597. The molecule has 1 atom stereocenters. The van der Waals surface area contributed by atoms with E-state index in [4.69, 9.17) is 14.6 Å². The number of carboxylic acids is 2. The maximum absolute atomic E-state index is 10.8. The van der Waals surface area contributed by atoms with Gasteiger partial charge in [-0.15, -0.1) is 0 Å². The van der Waals surface area contributed by atoms with Crippen LogP contribution in [-0.2, 0) is 16.0 Å². The summed E-state index contributed by atoms with van der Waals surface area (Å²) in [5, 5.41) is 20.3. The van der Waals surface area contributed by atoms with Gasteiger partial charge in [-0.3, -0.25) is 9.59 Å². The van der Waals surface area contributed by atoms with Crippen LogP contribution in [-0.4, -0.2) is 35.2 Å². The molecule has 3 N–H and O–H groups in total. The van der Waals surface area contributed by atoms with Gasteiger partial charge in [-0.25, -0.2) is 0 Å². The molecule has 0 aliphatic rings. The third-order valence-electron chi connectivity index (χ3n) is 2.51. The zero-order chi connectivity index (χ0) is 13.5. The van der Waals surface area contributed by atoms with Crippen LogP contribution in [0.5, 0.6) is 0 Å². The second-order valence-electron chi connectivity index (χ2n) is 4.10. The van der Waals surface area contributed by atoms with E-state index in [-0.39, 0.29) is 13.0 Å². The average molecular weight is 255 g/mol. The molecule has 0 spiro atoms. The molecule has 1 aromatic heterocycles. The molecule has 1 aromatic rings. The van der Waals surface area contributed by atoms with Crippen molar-refractivity contribution in [3.05, 3.63) is 23.7 Å². The normalized spacial score (nSPS) is 12.3. The second kappa shape index (κ2) is 6.80. The third-order valence-corrected chi connectivity index (χ3v) is 2.51. The summed E-state index contributed by atoms with van der Waals surface area (Å²) >= 11 is 0. The first-order valence-electron chi connectivity index (χ1n) is 5.69. The van der Waals surface area contributed by atoms with E-state index in [1.807, 2.05) is 19.1 Å². The summed E-state index contributed by atoms with van der Waals surface area (Å²) in [6.45, 7) is 2.54. The fraction of sp³-hybridized carbons (Fsp3) is 0.500. The van der Waals surface area contributed by atoms with E-state index in [0.717, 1.165) is 11.5 Å². The van der Waals surface area contributed by atoms with Crippen LogP contribution < -0.4 is 5.32 Å². The van der Waals surface area contributed by atoms with Crippen LogP contribution in [0.1, 0.15) is 17.9 Å². The molecule has 1 rings (SSSR count). The Morgan fingerprint density at radius 2 is 2.11 bits per heavy atom. The zero-order valence-electron chi connectivity index (χ0n) is 10.2. The van der Waals surface area contributed by atoms with Gasteiger partial charge in [0, 0.05) is 19.5 Å². The second-order valence-corrected chi connectivity index (χ2v) is 4.10. The molecule has 0 aliphatic carbocycles. The highest BCUT2D eigenvalue weighted by molar-refractivity contribution is 5.77. The van der Waals surface area contributed by atoms with Crippen LogP contribution in [0.2, 0.25) is 0 Å². The van der Waals surface area contributed by atoms with E-state index in [1.165, 1.54) is 0 Å². The van der Waals surface area contributed by atoms with Crippen molar-refractivity contribution in [1.29, 1.82) is 0 Å². The lowest BCUT2D eigenvalue weighted by Gasteiger charge is -2.10. The van der Waals surface area contributed by atoms with Gasteiger partial charge in [0.2, 0.25) is 0 Å². The Bertz CT molecular complexity index is 412. The molecule has 1 heterocycles. The molecule has 0 saturated heterocycles. The highest BCUT2D eigenvalue weighted by Gasteiger charge is 2.20. The Morgan fingerprint density at radius 1 is 1.39 bits per heavy atom. The highest BCUT2D eigenvalue weighted by Crippen LogP contribution is 2.06. The summed E-state index contributed by atoms with van der Waals surface area (Å²) in [7, 11) is 0. The first kappa shape index (κ1) is 14.2. The third kappa shape index (κ3) is 5.01. The van der Waals surface area contributed by atoms with Gasteiger partial charge in [-0.1, -0.05) is 0 Å². The van der Waals surface area contributed by atoms with E-state index >= 15 is 0 Å². The summed E-state index contributed by atoms with van der Waals surface area (Å²) < 4.78 is 5.35. The Labute approximate surface area is 105 Å². The number of carboxylic acid groups (broad SMARTS) is 2. The SMILES string of the molecule is Cc1ccc(CCNCC(CC(=O)O)C(=O)O)o1. The van der Waals surface area contributed by atoms with Crippen LogP contribution in [0.15, 0.2) is 16.5 Å². The molecule has 18 heavy (non-hydrogen) atoms. The number of carbonyl (C=O) groups is 2. The van der Waals surface area contributed by atoms with Gasteiger partial charge in [0.1, 0.15) is 11.5 Å². The van der Waals surface area contributed by atoms with Crippen molar-refractivity contribution in [3.63, 3.8) is 0 Å². The first-order chi connectivity index (χ1) is 8.49. The highest BCUT2D eigenvalue weighted by atomic mass is 16.4. The number of rotatable bonds is 8. The first-order valence-corrected chi connectivity index (χ1v) is 5.69. The minimum absolute atomic E-state index is 0.140. The Balaban J connectivity index is 2.26. The number of aryl methyl sites for hydroxylation is 1. The van der Waals surface area contributed by atoms with Crippen molar-refractivity contribution in [3.8, 4) is 0 Å². The van der Waals surface area contributed by atoms with Crippen molar-refractivity contribution in [2.24, 2.45) is 5.92 Å². The molecule has 0 bridgehead atoms. The minimum atomic E-state index is -1.11. The van der Waals surface area contributed by atoms with Crippen molar-refractivity contribution < 1.29 is 24.2 Å². The standard InChI is InChI=1S/C12H17NO5/c1-8-2-3-10(18-8)4-5-13-7-9(12(16)17)6-11(14)15/h2-3,9,13H,4-7H2,1H3,(H,14,15)(H,16,17). The van der Waals surface area contributed by atoms with Gasteiger partial charge in [-0.2, -0.15) is 0 Å². The van der Waals surface area contributed by atoms with E-state index < -0.39 is 17.9 Å². The smallest absolute Gasteiger partial charge is 0.308 e. The number of nitrogens with one attached hydrogen (secondary N) is 1. The van der Waals surface area contributed by atoms with Gasteiger partial charge in [0.25, 0.3) is 0 Å². The summed E-state index contributed by atoms with van der Waals surface area (Å²) in [4.78, 5) is 21.2. The Morgan fingerprint density at radius 3 is 2.61 bits per heavy atom. The average Bonchev–Trinajstić information content (AvgIpc) is 2.68. The lowest BCUT2D eigenvalue weighted by atomic mass is 10.1. The van der Waals surface area contributed by atoms with Crippen molar-refractivity contribution >= 4 is 11.9 Å². The van der Waals surface area contributed by atoms with Gasteiger partial charge in [-0.05, 0) is 19.1 Å². The lowest BCUT2D eigenvalue weighted by molar-refractivity contribution is -0.148. The predicted octanol–water partition coefficient (Wildman–Crippen LogP) is 0.896.